The molecular formula is C19H14BrN5O5. The first kappa shape index (κ1) is 20.9. The lowest BCUT2D eigenvalue weighted by atomic mass is 10.2. The van der Waals surface area contributed by atoms with Crippen LogP contribution in [0.4, 0.5) is 17.2 Å². The Kier molecular flexibility index (Phi) is 6.65. The van der Waals surface area contributed by atoms with Crippen LogP contribution in [0.15, 0.2) is 70.4 Å². The Labute approximate surface area is 178 Å². The average Bonchev–Trinajstić information content (AvgIpc) is 2.73. The molecule has 11 heteroatoms. The molecule has 3 aromatic rings. The molecule has 0 radical (unpaired) electrons. The van der Waals surface area contributed by atoms with E-state index in [4.69, 9.17) is 4.74 Å². The van der Waals surface area contributed by atoms with Gasteiger partial charge in [0.25, 0.3) is 5.69 Å². The number of nitro benzene ring substituents is 1. The summed E-state index contributed by atoms with van der Waals surface area (Å²) in [7, 11) is 0. The van der Waals surface area contributed by atoms with Gasteiger partial charge in [-0.15, -0.1) is 0 Å². The summed E-state index contributed by atoms with van der Waals surface area (Å²) in [6, 6.07) is 14.2. The molecule has 0 amide bonds. The molecule has 1 heterocycles. The first-order valence-corrected chi connectivity index (χ1v) is 9.27. The Bertz CT molecular complexity index is 1120. The van der Waals surface area contributed by atoms with E-state index in [1.54, 1.807) is 30.3 Å². The molecular weight excluding hydrogens is 458 g/mol. The Morgan fingerprint density at radius 2 is 1.93 bits per heavy atom. The Balaban J connectivity index is 1.64. The molecule has 30 heavy (non-hydrogen) atoms. The number of hydrogen-bond donors (Lipinski definition) is 1. The second kappa shape index (κ2) is 9.56. The summed E-state index contributed by atoms with van der Waals surface area (Å²) in [6.45, 7) is 0.165. The second-order valence-electron chi connectivity index (χ2n) is 5.90. The molecule has 1 N–H and O–H groups in total. The van der Waals surface area contributed by atoms with Crippen LogP contribution in [0.3, 0.4) is 0 Å². The molecule has 0 aliphatic carbocycles. The van der Waals surface area contributed by atoms with Gasteiger partial charge in [0.1, 0.15) is 12.4 Å². The van der Waals surface area contributed by atoms with Crippen molar-refractivity contribution in [2.45, 2.75) is 6.61 Å². The van der Waals surface area contributed by atoms with Gasteiger partial charge in [-0.3, -0.25) is 25.7 Å². The number of rotatable bonds is 8. The van der Waals surface area contributed by atoms with Gasteiger partial charge in [0.2, 0.25) is 5.82 Å². The maximum atomic E-state index is 11.0. The SMILES string of the molecule is O=[N+]([O-])c1cccc(COc2ccc(/C=N\Nc3ncccc3[N+](=O)[O-])cc2Br)c1. The molecule has 10 nitrogen and oxygen atoms in total. The highest BCUT2D eigenvalue weighted by molar-refractivity contribution is 9.10. The monoisotopic (exact) mass is 471 g/mol. The van der Waals surface area contributed by atoms with E-state index in [0.29, 0.717) is 21.3 Å². The van der Waals surface area contributed by atoms with Crippen LogP contribution in [0.25, 0.3) is 0 Å². The number of nitrogens with zero attached hydrogens (tertiary/aromatic N) is 4. The molecule has 0 atom stereocenters. The van der Waals surface area contributed by atoms with E-state index < -0.39 is 9.85 Å². The number of ether oxygens (including phenoxy) is 1. The van der Waals surface area contributed by atoms with Crippen LogP contribution in [0.1, 0.15) is 11.1 Å². The first-order chi connectivity index (χ1) is 14.4. The fourth-order valence-corrected chi connectivity index (χ4v) is 2.94. The normalized spacial score (nSPS) is 10.7. The van der Waals surface area contributed by atoms with Gasteiger partial charge in [0, 0.05) is 24.4 Å². The van der Waals surface area contributed by atoms with Crippen molar-refractivity contribution in [1.29, 1.82) is 0 Å². The second-order valence-corrected chi connectivity index (χ2v) is 6.76. The minimum absolute atomic E-state index is 0.00219. The van der Waals surface area contributed by atoms with Crippen LogP contribution in [-0.4, -0.2) is 21.0 Å². The minimum atomic E-state index is -0.547. The van der Waals surface area contributed by atoms with Crippen molar-refractivity contribution in [2.24, 2.45) is 5.10 Å². The predicted molar refractivity (Wildman–Crippen MR) is 114 cm³/mol. The lowest BCUT2D eigenvalue weighted by molar-refractivity contribution is -0.385. The lowest BCUT2D eigenvalue weighted by Crippen LogP contribution is -1.99. The van der Waals surface area contributed by atoms with Crippen molar-refractivity contribution in [3.63, 3.8) is 0 Å². The van der Waals surface area contributed by atoms with Gasteiger partial charge in [0.15, 0.2) is 0 Å². The smallest absolute Gasteiger partial charge is 0.313 e. The topological polar surface area (TPSA) is 133 Å². The quantitative estimate of drug-likeness (QED) is 0.286. The number of nitro groups is 2. The van der Waals surface area contributed by atoms with E-state index in [0.717, 1.165) is 0 Å². The number of aromatic nitrogens is 1. The van der Waals surface area contributed by atoms with Crippen LogP contribution in [0.5, 0.6) is 5.75 Å². The number of pyridine rings is 1. The molecule has 0 saturated heterocycles. The fourth-order valence-electron chi connectivity index (χ4n) is 2.43. The maximum Gasteiger partial charge on any atom is 0.313 e. The zero-order chi connectivity index (χ0) is 21.5. The van der Waals surface area contributed by atoms with Gasteiger partial charge in [0.05, 0.1) is 20.5 Å². The van der Waals surface area contributed by atoms with E-state index in [1.165, 1.54) is 36.7 Å². The summed E-state index contributed by atoms with van der Waals surface area (Å²) >= 11 is 3.41. The molecule has 3 rings (SSSR count). The molecule has 0 aliphatic rings. The molecule has 152 valence electrons. The summed E-state index contributed by atoms with van der Waals surface area (Å²) < 4.78 is 6.37. The van der Waals surface area contributed by atoms with E-state index in [-0.39, 0.29) is 23.8 Å². The van der Waals surface area contributed by atoms with E-state index in [9.17, 15) is 20.2 Å². The highest BCUT2D eigenvalue weighted by atomic mass is 79.9. The van der Waals surface area contributed by atoms with E-state index in [2.05, 4.69) is 31.4 Å². The molecule has 0 spiro atoms. The number of benzene rings is 2. The molecule has 0 bridgehead atoms. The van der Waals surface area contributed by atoms with E-state index in [1.807, 2.05) is 0 Å². The number of hydrazone groups is 1. The first-order valence-electron chi connectivity index (χ1n) is 8.48. The number of nitrogens with one attached hydrogen (secondary N) is 1. The predicted octanol–water partition coefficient (Wildman–Crippen LogP) is 4.69. The molecule has 0 unspecified atom stereocenters. The van der Waals surface area contributed by atoms with Gasteiger partial charge in [-0.1, -0.05) is 12.1 Å². The van der Waals surface area contributed by atoms with Gasteiger partial charge >= 0.3 is 5.69 Å². The van der Waals surface area contributed by atoms with Crippen molar-refractivity contribution < 1.29 is 14.6 Å². The Morgan fingerprint density at radius 1 is 1.10 bits per heavy atom. The number of anilines is 1. The molecule has 0 aliphatic heterocycles. The van der Waals surface area contributed by atoms with Crippen LogP contribution in [0.2, 0.25) is 0 Å². The van der Waals surface area contributed by atoms with Gasteiger partial charge in [-0.05, 0) is 51.3 Å². The standard InChI is InChI=1S/C19H14BrN5O5/c20-16-10-13(11-22-23-19-17(25(28)29)5-2-8-21-19)6-7-18(16)30-12-14-3-1-4-15(9-14)24(26)27/h1-11H,12H2,(H,21,23)/b22-11-. The summed E-state index contributed by atoms with van der Waals surface area (Å²) in [6.07, 6.45) is 2.91. The molecule has 0 saturated carbocycles. The molecule has 1 aromatic heterocycles. The lowest BCUT2D eigenvalue weighted by Gasteiger charge is -2.09. The number of halogens is 1. The van der Waals surface area contributed by atoms with Gasteiger partial charge in [-0.25, -0.2) is 4.98 Å². The largest absolute Gasteiger partial charge is 0.488 e. The van der Waals surface area contributed by atoms with Crippen molar-refractivity contribution in [2.75, 3.05) is 5.43 Å². The van der Waals surface area contributed by atoms with Crippen LogP contribution < -0.4 is 10.2 Å². The summed E-state index contributed by atoms with van der Waals surface area (Å²) in [4.78, 5) is 24.7. The van der Waals surface area contributed by atoms with Gasteiger partial charge < -0.3 is 4.74 Å². The zero-order valence-corrected chi connectivity index (χ0v) is 16.9. The highest BCUT2D eigenvalue weighted by Gasteiger charge is 2.13. The summed E-state index contributed by atoms with van der Waals surface area (Å²) in [5.74, 6) is 0.585. The maximum absolute atomic E-state index is 11.0. The van der Waals surface area contributed by atoms with Crippen LogP contribution in [0, 0.1) is 20.2 Å². The molecule has 0 fully saturated rings. The third kappa shape index (κ3) is 5.35. The Morgan fingerprint density at radius 3 is 2.67 bits per heavy atom. The van der Waals surface area contributed by atoms with Crippen LogP contribution in [-0.2, 0) is 6.61 Å². The summed E-state index contributed by atoms with van der Waals surface area (Å²) in [5, 5.41) is 25.8. The van der Waals surface area contributed by atoms with Crippen molar-refractivity contribution in [3.8, 4) is 5.75 Å². The average molecular weight is 472 g/mol. The summed E-state index contributed by atoms with van der Waals surface area (Å²) in [5.41, 5.74) is 3.75. The third-order valence-electron chi connectivity index (χ3n) is 3.84. The van der Waals surface area contributed by atoms with Crippen molar-refractivity contribution in [1.82, 2.24) is 4.98 Å². The minimum Gasteiger partial charge on any atom is -0.488 e. The number of hydrogen-bond acceptors (Lipinski definition) is 8. The van der Waals surface area contributed by atoms with Gasteiger partial charge in [-0.2, -0.15) is 5.10 Å². The fraction of sp³-hybridized carbons (Fsp3) is 0.0526. The number of non-ortho nitro benzene ring substituents is 1. The zero-order valence-electron chi connectivity index (χ0n) is 15.3. The molecule has 2 aromatic carbocycles. The van der Waals surface area contributed by atoms with Crippen molar-refractivity contribution >= 4 is 39.3 Å². The third-order valence-corrected chi connectivity index (χ3v) is 4.46. The van der Waals surface area contributed by atoms with Crippen molar-refractivity contribution in [3.05, 3.63) is 96.6 Å². The van der Waals surface area contributed by atoms with E-state index >= 15 is 0 Å². The Hall–Kier alpha value is -3.86. The van der Waals surface area contributed by atoms with Crippen LogP contribution >= 0.6 is 15.9 Å². The highest BCUT2D eigenvalue weighted by Crippen LogP contribution is 2.27.